The fourth-order valence-corrected chi connectivity index (χ4v) is 2.94. The molecule has 1 aliphatic rings. The second-order valence-electron chi connectivity index (χ2n) is 6.96. The Morgan fingerprint density at radius 3 is 2.60 bits per heavy atom. The minimum absolute atomic E-state index is 0.00679. The highest BCUT2D eigenvalue weighted by atomic mass is 19.4. The zero-order chi connectivity index (χ0) is 21.9. The van der Waals surface area contributed by atoms with Gasteiger partial charge in [-0.2, -0.15) is 13.2 Å². The van der Waals surface area contributed by atoms with Gasteiger partial charge in [-0.15, -0.1) is 6.42 Å². The maximum atomic E-state index is 13.6. The molecule has 1 aliphatic heterocycles. The van der Waals surface area contributed by atoms with Crippen LogP contribution in [-0.4, -0.2) is 10.9 Å². The number of nitrogens with zero attached hydrogens (tertiary/aromatic N) is 1. The topological polar surface area (TPSA) is 44.4 Å². The molecule has 0 saturated heterocycles. The Kier molecular flexibility index (Phi) is 5.88. The Morgan fingerprint density at radius 1 is 1.20 bits per heavy atom. The molecule has 0 unspecified atom stereocenters. The maximum Gasteiger partial charge on any atom is 0.416 e. The van der Waals surface area contributed by atoms with Crippen molar-refractivity contribution < 1.29 is 18.0 Å². The van der Waals surface area contributed by atoms with Crippen LogP contribution in [0.3, 0.4) is 0 Å². The van der Waals surface area contributed by atoms with Crippen LogP contribution in [0, 0.1) is 19.3 Å². The molecule has 7 heteroatoms. The quantitative estimate of drug-likeness (QED) is 0.697. The van der Waals surface area contributed by atoms with Crippen LogP contribution >= 0.6 is 0 Å². The molecule has 3 rings (SSSR count). The summed E-state index contributed by atoms with van der Waals surface area (Å²) < 4.78 is 40.9. The number of hydrogen-bond donors (Lipinski definition) is 2. The summed E-state index contributed by atoms with van der Waals surface area (Å²) in [4.78, 5) is 12.5. The second kappa shape index (κ2) is 8.37. The monoisotopic (exact) mass is 411 g/mol. The number of nitrogens with one attached hydrogen (secondary N) is 2. The van der Waals surface area contributed by atoms with Crippen molar-refractivity contribution in [3.8, 4) is 12.3 Å². The molecule has 2 aromatic carbocycles. The zero-order valence-corrected chi connectivity index (χ0v) is 16.5. The highest BCUT2D eigenvalue weighted by Crippen LogP contribution is 2.34. The summed E-state index contributed by atoms with van der Waals surface area (Å²) in [6.07, 6.45) is 6.02. The minimum Gasteiger partial charge on any atom is -0.322 e. The molecule has 0 aromatic heterocycles. The number of anilines is 1. The number of rotatable bonds is 4. The van der Waals surface area contributed by atoms with Crippen molar-refractivity contribution >= 4 is 11.6 Å². The van der Waals surface area contributed by atoms with E-state index in [1.807, 2.05) is 13.8 Å². The van der Waals surface area contributed by atoms with Gasteiger partial charge in [0, 0.05) is 29.2 Å². The summed E-state index contributed by atoms with van der Waals surface area (Å²) in [5.74, 6) is 1.95. The molecule has 0 radical (unpaired) electrons. The maximum absolute atomic E-state index is 13.6. The predicted octanol–water partition coefficient (Wildman–Crippen LogP) is 4.99. The molecule has 0 spiro atoms. The van der Waals surface area contributed by atoms with Gasteiger partial charge in [0.1, 0.15) is 0 Å². The van der Waals surface area contributed by atoms with Crippen molar-refractivity contribution in [2.24, 2.45) is 0 Å². The van der Waals surface area contributed by atoms with Gasteiger partial charge in [0.15, 0.2) is 0 Å². The first-order chi connectivity index (χ1) is 14.2. The standard InChI is InChI=1S/C23H20F3N3O/c1-4-17-11-18(6-5-16(17)3)22(30)28-20-8-7-19(21(12-20)23(24,25)26)14-29-10-9-15(2)13-27-29/h1,5-13,27H,14H2,2-3H3,(H,28,30). The number of halogens is 3. The van der Waals surface area contributed by atoms with Crippen LogP contribution in [0.25, 0.3) is 0 Å². The van der Waals surface area contributed by atoms with Gasteiger partial charge in [-0.25, -0.2) is 0 Å². The summed E-state index contributed by atoms with van der Waals surface area (Å²) in [6, 6.07) is 8.57. The van der Waals surface area contributed by atoms with E-state index in [-0.39, 0.29) is 23.4 Å². The van der Waals surface area contributed by atoms with Gasteiger partial charge in [0.2, 0.25) is 0 Å². The lowest BCUT2D eigenvalue weighted by molar-refractivity contribution is -0.138. The van der Waals surface area contributed by atoms with Gasteiger partial charge in [-0.1, -0.05) is 18.1 Å². The van der Waals surface area contributed by atoms with Crippen molar-refractivity contribution in [1.82, 2.24) is 10.4 Å². The first-order valence-electron chi connectivity index (χ1n) is 9.14. The lowest BCUT2D eigenvalue weighted by Crippen LogP contribution is -2.31. The first kappa shape index (κ1) is 21.1. The molecule has 1 heterocycles. The van der Waals surface area contributed by atoms with Crippen LogP contribution in [0.4, 0.5) is 18.9 Å². The Balaban J connectivity index is 1.83. The third-order valence-corrected chi connectivity index (χ3v) is 4.64. The highest BCUT2D eigenvalue weighted by Gasteiger charge is 2.34. The lowest BCUT2D eigenvalue weighted by Gasteiger charge is -2.25. The lowest BCUT2D eigenvalue weighted by atomic mass is 10.0. The number of hydrogen-bond acceptors (Lipinski definition) is 3. The molecule has 2 aromatic rings. The average Bonchev–Trinajstić information content (AvgIpc) is 2.70. The number of allylic oxidation sites excluding steroid dienone is 2. The van der Waals surface area contributed by atoms with E-state index in [0.29, 0.717) is 5.56 Å². The van der Waals surface area contributed by atoms with Crippen LogP contribution in [-0.2, 0) is 12.7 Å². The number of alkyl halides is 3. The molecule has 0 aliphatic carbocycles. The van der Waals surface area contributed by atoms with Crippen molar-refractivity contribution in [2.45, 2.75) is 26.6 Å². The normalized spacial score (nSPS) is 13.3. The number of terminal acetylenes is 1. The summed E-state index contributed by atoms with van der Waals surface area (Å²) in [6.45, 7) is 3.70. The summed E-state index contributed by atoms with van der Waals surface area (Å²) in [7, 11) is 0. The SMILES string of the molecule is C#Cc1cc(C(=O)Nc2ccc(CN3C=CC(C)=CN3)c(C(F)(F)F)c2)ccc1C. The third kappa shape index (κ3) is 4.84. The van der Waals surface area contributed by atoms with E-state index in [1.165, 1.54) is 18.2 Å². The van der Waals surface area contributed by atoms with Crippen molar-refractivity contribution in [3.63, 3.8) is 0 Å². The zero-order valence-electron chi connectivity index (χ0n) is 16.5. The van der Waals surface area contributed by atoms with Gasteiger partial charge in [-0.3, -0.25) is 9.80 Å². The molecule has 2 N–H and O–H groups in total. The highest BCUT2D eigenvalue weighted by molar-refractivity contribution is 6.04. The molecule has 0 saturated carbocycles. The minimum atomic E-state index is -4.57. The number of amides is 1. The predicted molar refractivity (Wildman–Crippen MR) is 110 cm³/mol. The molecule has 154 valence electrons. The fourth-order valence-electron chi connectivity index (χ4n) is 2.94. The fraction of sp³-hybridized carbons (Fsp3) is 0.174. The number of carbonyl (C=O) groups excluding carboxylic acids is 1. The van der Waals surface area contributed by atoms with E-state index in [1.54, 1.807) is 35.6 Å². The van der Waals surface area contributed by atoms with Crippen molar-refractivity contribution in [2.75, 3.05) is 5.32 Å². The number of carbonyl (C=O) groups is 1. The Bertz CT molecular complexity index is 1080. The summed E-state index contributed by atoms with van der Waals surface area (Å²) >= 11 is 0. The van der Waals surface area contributed by atoms with Gasteiger partial charge >= 0.3 is 6.18 Å². The smallest absolute Gasteiger partial charge is 0.322 e. The van der Waals surface area contributed by atoms with Gasteiger partial charge in [0.25, 0.3) is 5.91 Å². The van der Waals surface area contributed by atoms with Crippen molar-refractivity contribution in [1.29, 1.82) is 0 Å². The third-order valence-electron chi connectivity index (χ3n) is 4.64. The van der Waals surface area contributed by atoms with E-state index in [2.05, 4.69) is 16.7 Å². The van der Waals surface area contributed by atoms with Crippen LogP contribution in [0.1, 0.15) is 39.5 Å². The first-order valence-corrected chi connectivity index (χ1v) is 9.14. The van der Waals surface area contributed by atoms with E-state index in [9.17, 15) is 18.0 Å². The largest absolute Gasteiger partial charge is 0.416 e. The molecule has 0 fully saturated rings. The molecule has 1 amide bonds. The van der Waals surface area contributed by atoms with Crippen LogP contribution in [0.2, 0.25) is 0 Å². The van der Waals surface area contributed by atoms with E-state index >= 15 is 0 Å². The van der Waals surface area contributed by atoms with E-state index in [4.69, 9.17) is 6.42 Å². The molecule has 0 bridgehead atoms. The molecular formula is C23H20F3N3O. The number of hydrazine groups is 1. The molecule has 4 nitrogen and oxygen atoms in total. The number of benzene rings is 2. The van der Waals surface area contributed by atoms with Crippen LogP contribution in [0.15, 0.2) is 60.4 Å². The Hall–Kier alpha value is -3.66. The van der Waals surface area contributed by atoms with Gasteiger partial charge < -0.3 is 10.7 Å². The summed E-state index contributed by atoms with van der Waals surface area (Å²) in [5.41, 5.74) is 4.86. The van der Waals surface area contributed by atoms with Crippen LogP contribution in [0.5, 0.6) is 0 Å². The number of aryl methyl sites for hydroxylation is 1. The van der Waals surface area contributed by atoms with Crippen molar-refractivity contribution in [3.05, 3.63) is 88.3 Å². The molecular weight excluding hydrogens is 391 g/mol. The van der Waals surface area contributed by atoms with E-state index in [0.717, 1.165) is 17.2 Å². The van der Waals surface area contributed by atoms with Gasteiger partial charge in [0.05, 0.1) is 12.1 Å². The van der Waals surface area contributed by atoms with E-state index < -0.39 is 17.6 Å². The second-order valence-corrected chi connectivity index (χ2v) is 6.96. The Morgan fingerprint density at radius 2 is 1.97 bits per heavy atom. The Labute approximate surface area is 173 Å². The average molecular weight is 411 g/mol. The summed E-state index contributed by atoms with van der Waals surface area (Å²) in [5, 5.41) is 4.06. The molecule has 0 atom stereocenters. The van der Waals surface area contributed by atoms with Gasteiger partial charge in [-0.05, 0) is 60.9 Å². The van der Waals surface area contributed by atoms with Crippen LogP contribution < -0.4 is 10.7 Å². The molecule has 30 heavy (non-hydrogen) atoms.